The van der Waals surface area contributed by atoms with E-state index in [1.165, 1.54) is 19.1 Å². The second-order valence-corrected chi connectivity index (χ2v) is 20.7. The molecule has 67 heavy (non-hydrogen) atoms. The van der Waals surface area contributed by atoms with E-state index in [4.69, 9.17) is 23.7 Å². The van der Waals surface area contributed by atoms with Gasteiger partial charge in [0.15, 0.2) is 0 Å². The number of esters is 1. The zero-order valence-electron chi connectivity index (χ0n) is 41.8. The van der Waals surface area contributed by atoms with Gasteiger partial charge in [-0.05, 0) is 114 Å². The van der Waals surface area contributed by atoms with E-state index in [-0.39, 0.29) is 55.8 Å². The molecular weight excluding hydrogens is 859 g/mol. The lowest BCUT2D eigenvalue weighted by Gasteiger charge is -2.47. The van der Waals surface area contributed by atoms with Gasteiger partial charge in [-0.25, -0.2) is 4.79 Å². The first kappa shape index (κ1) is 54.6. The largest absolute Gasteiger partial charge is 0.456 e. The van der Waals surface area contributed by atoms with Crippen molar-refractivity contribution in [1.29, 1.82) is 0 Å². The number of fused-ring (bicyclic) bond motifs is 3. The first-order valence-corrected chi connectivity index (χ1v) is 24.7. The van der Waals surface area contributed by atoms with E-state index < -0.39 is 89.7 Å². The Bertz CT molecular complexity index is 1920. The minimum atomic E-state index is -2.53. The number of hydrogen-bond donors (Lipinski definition) is 4. The van der Waals surface area contributed by atoms with Crippen LogP contribution in [0.4, 0.5) is 0 Å². The SMILES string of the molecule is CCC1CCN2C(=O)C(=O)C3(O)OC(C(OC)CC(C)C/C(C)=C\CC(=O)CC(O)C(C)C(C(C)=CC4CCC(O)(CCC(O)c5cccc(C)c5)C(OC)C4)OC(=O)C2C1)C(OC)CC3C. The van der Waals surface area contributed by atoms with Crippen molar-refractivity contribution in [1.82, 2.24) is 4.90 Å². The third-order valence-corrected chi connectivity index (χ3v) is 15.6. The van der Waals surface area contributed by atoms with Crippen LogP contribution in [0.15, 0.2) is 47.6 Å². The van der Waals surface area contributed by atoms with Crippen LogP contribution in [0.1, 0.15) is 142 Å². The van der Waals surface area contributed by atoms with Gasteiger partial charge in [0.05, 0.1) is 36.1 Å². The summed E-state index contributed by atoms with van der Waals surface area (Å²) in [5.74, 6) is -7.38. The van der Waals surface area contributed by atoms with Crippen LogP contribution in [-0.2, 0) is 42.9 Å². The number of carbonyl (C=O) groups is 4. The number of aliphatic hydroxyl groups excluding tert-OH is 2. The fourth-order valence-electron chi connectivity index (χ4n) is 11.2. The summed E-state index contributed by atoms with van der Waals surface area (Å²) in [5, 5.41) is 46.8. The molecule has 4 aliphatic rings. The Hall–Kier alpha value is -3.34. The molecule has 1 amide bonds. The number of cyclic esters (lactones) is 1. The van der Waals surface area contributed by atoms with Gasteiger partial charge in [-0.1, -0.05) is 81.7 Å². The van der Waals surface area contributed by atoms with Crippen molar-refractivity contribution in [3.05, 3.63) is 58.7 Å². The second-order valence-electron chi connectivity index (χ2n) is 20.7. The molecule has 1 aromatic carbocycles. The van der Waals surface area contributed by atoms with Gasteiger partial charge in [-0.3, -0.25) is 14.4 Å². The van der Waals surface area contributed by atoms with Crippen LogP contribution in [0, 0.1) is 36.5 Å². The van der Waals surface area contributed by atoms with Crippen molar-refractivity contribution in [3.8, 4) is 0 Å². The number of aliphatic hydroxyl groups is 4. The van der Waals surface area contributed by atoms with E-state index in [2.05, 4.69) is 0 Å². The highest BCUT2D eigenvalue weighted by Crippen LogP contribution is 2.42. The van der Waals surface area contributed by atoms with Crippen LogP contribution in [0.5, 0.6) is 0 Å². The standard InChI is InChI=1S/C53H81NO13/c1-11-37-19-22-54-41(28-37)51(60)66-47(34(5)26-38-17-20-52(61,46(29-38)65-10)21-18-42(56)39-14-12-13-31(2)24-39)36(7)43(57)30-40(55)16-15-32(3)23-33(4)25-44(63-8)48-45(64-9)27-35(6)53(62,67-48)49(58)50(54)59/h12-15,24,26,33,35-38,41-48,56-57,61-62H,11,16-23,25,27-30H2,1-10H3/b32-15-,34-26?. The lowest BCUT2D eigenvalue weighted by atomic mass is 9.73. The number of benzene rings is 1. The van der Waals surface area contributed by atoms with Gasteiger partial charge in [-0.2, -0.15) is 0 Å². The van der Waals surface area contributed by atoms with Gasteiger partial charge in [0, 0.05) is 52.6 Å². The smallest absolute Gasteiger partial charge is 0.329 e. The zero-order chi connectivity index (χ0) is 49.4. The van der Waals surface area contributed by atoms with Crippen LogP contribution in [0.25, 0.3) is 0 Å². The normalized spacial score (nSPS) is 38.3. The summed E-state index contributed by atoms with van der Waals surface area (Å²) in [6, 6.07) is 6.50. The number of rotatable bonds is 10. The third kappa shape index (κ3) is 13.3. The highest BCUT2D eigenvalue weighted by Gasteiger charge is 2.57. The van der Waals surface area contributed by atoms with E-state index in [0.717, 1.165) is 16.7 Å². The van der Waals surface area contributed by atoms with Crippen molar-refractivity contribution in [2.24, 2.45) is 29.6 Å². The monoisotopic (exact) mass is 940 g/mol. The molecular formula is C53H81NO13. The molecule has 14 heteroatoms. The highest BCUT2D eigenvalue weighted by molar-refractivity contribution is 6.39. The number of ether oxygens (including phenoxy) is 5. The summed E-state index contributed by atoms with van der Waals surface area (Å²) in [6.07, 6.45) is 2.95. The number of methoxy groups -OCH3 is 3. The minimum absolute atomic E-state index is 0.0234. The van der Waals surface area contributed by atoms with Gasteiger partial charge in [0.25, 0.3) is 11.7 Å². The van der Waals surface area contributed by atoms with Crippen molar-refractivity contribution in [3.63, 3.8) is 0 Å². The molecule has 3 fully saturated rings. The Balaban J connectivity index is 1.46. The van der Waals surface area contributed by atoms with E-state index in [1.54, 1.807) is 21.0 Å². The number of carbonyl (C=O) groups excluding carboxylic acids is 4. The molecule has 15 atom stereocenters. The maximum Gasteiger partial charge on any atom is 0.329 e. The summed E-state index contributed by atoms with van der Waals surface area (Å²) in [5.41, 5.74) is 2.23. The lowest BCUT2D eigenvalue weighted by molar-refractivity contribution is -0.302. The molecule has 5 rings (SSSR count). The fourth-order valence-corrected chi connectivity index (χ4v) is 11.2. The Kier molecular flexibility index (Phi) is 19.5. The number of hydrogen-bond acceptors (Lipinski definition) is 13. The quantitative estimate of drug-likeness (QED) is 0.110. The Labute approximate surface area is 398 Å². The molecule has 2 bridgehead atoms. The third-order valence-electron chi connectivity index (χ3n) is 15.6. The number of amides is 1. The second kappa shape index (κ2) is 24.0. The van der Waals surface area contributed by atoms with Gasteiger partial charge in [0.1, 0.15) is 24.0 Å². The van der Waals surface area contributed by atoms with Gasteiger partial charge in [-0.15, -0.1) is 0 Å². The van der Waals surface area contributed by atoms with E-state index in [1.807, 2.05) is 71.0 Å². The van der Waals surface area contributed by atoms with Gasteiger partial charge in [0.2, 0.25) is 5.79 Å². The summed E-state index contributed by atoms with van der Waals surface area (Å²) in [6.45, 7) is 13.2. The first-order chi connectivity index (χ1) is 31.7. The first-order valence-electron chi connectivity index (χ1n) is 24.7. The Morgan fingerprint density at radius 1 is 0.955 bits per heavy atom. The number of piperidine rings is 1. The molecule has 15 unspecified atom stereocenters. The molecule has 1 aliphatic carbocycles. The molecule has 3 heterocycles. The highest BCUT2D eigenvalue weighted by atomic mass is 16.7. The number of aryl methyl sites for hydroxylation is 1. The summed E-state index contributed by atoms with van der Waals surface area (Å²) in [7, 11) is 4.62. The Morgan fingerprint density at radius 2 is 1.66 bits per heavy atom. The molecule has 1 saturated carbocycles. The van der Waals surface area contributed by atoms with E-state index >= 15 is 0 Å². The average Bonchev–Trinajstić information content (AvgIpc) is 3.31. The van der Waals surface area contributed by atoms with Crippen molar-refractivity contribution in [2.45, 2.75) is 192 Å². The summed E-state index contributed by atoms with van der Waals surface area (Å²) < 4.78 is 30.3. The van der Waals surface area contributed by atoms with Crippen LogP contribution in [0.2, 0.25) is 0 Å². The van der Waals surface area contributed by atoms with Gasteiger partial charge < -0.3 is 49.0 Å². The summed E-state index contributed by atoms with van der Waals surface area (Å²) >= 11 is 0. The topological polar surface area (TPSA) is 199 Å². The molecule has 376 valence electrons. The van der Waals surface area contributed by atoms with Gasteiger partial charge >= 0.3 is 5.97 Å². The average molecular weight is 940 g/mol. The molecule has 2 saturated heterocycles. The molecule has 14 nitrogen and oxygen atoms in total. The molecule has 0 aromatic heterocycles. The number of ketones is 2. The van der Waals surface area contributed by atoms with Crippen LogP contribution < -0.4 is 0 Å². The van der Waals surface area contributed by atoms with Crippen molar-refractivity contribution < 1.29 is 63.3 Å². The predicted octanol–water partition coefficient (Wildman–Crippen LogP) is 6.67. The lowest BCUT2D eigenvalue weighted by Crippen LogP contribution is -2.64. The molecule has 4 N–H and O–H groups in total. The number of nitrogens with zero attached hydrogens (tertiary/aromatic N) is 1. The van der Waals surface area contributed by atoms with Crippen LogP contribution in [0.3, 0.4) is 0 Å². The summed E-state index contributed by atoms with van der Waals surface area (Å²) in [4.78, 5) is 58.4. The molecule has 3 aliphatic heterocycles. The minimum Gasteiger partial charge on any atom is -0.456 e. The predicted molar refractivity (Wildman–Crippen MR) is 252 cm³/mol. The zero-order valence-corrected chi connectivity index (χ0v) is 41.8. The molecule has 0 spiro atoms. The molecule has 1 aromatic rings. The molecule has 0 radical (unpaired) electrons. The van der Waals surface area contributed by atoms with Crippen molar-refractivity contribution >= 4 is 23.4 Å². The van der Waals surface area contributed by atoms with E-state index in [0.29, 0.717) is 63.4 Å². The maximum absolute atomic E-state index is 14.7. The van der Waals surface area contributed by atoms with Crippen molar-refractivity contribution in [2.75, 3.05) is 27.9 Å². The maximum atomic E-state index is 14.7. The van der Waals surface area contributed by atoms with E-state index in [9.17, 15) is 39.6 Å². The fraction of sp³-hybridized carbons (Fsp3) is 0.736. The van der Waals surface area contributed by atoms with Crippen LogP contribution >= 0.6 is 0 Å². The number of Topliss-reactive ketones (excluding diaryl/α,β-unsaturated/α-hetero) is 2. The number of allylic oxidation sites excluding steroid dienone is 3. The van der Waals surface area contributed by atoms with Crippen LogP contribution in [-0.4, -0.2) is 131 Å². The Morgan fingerprint density at radius 3 is 2.31 bits per heavy atom.